The summed E-state index contributed by atoms with van der Waals surface area (Å²) in [6.07, 6.45) is 1.28. The third-order valence-electron chi connectivity index (χ3n) is 1.19. The van der Waals surface area contributed by atoms with E-state index in [2.05, 4.69) is 4.98 Å². The summed E-state index contributed by atoms with van der Waals surface area (Å²) in [6, 6.07) is 3.12. The van der Waals surface area contributed by atoms with Gasteiger partial charge in [0, 0.05) is 11.8 Å². The zero-order valence-corrected chi connectivity index (χ0v) is 11.6. The van der Waals surface area contributed by atoms with Crippen LogP contribution in [0.5, 0.6) is 0 Å². The van der Waals surface area contributed by atoms with Crippen molar-refractivity contribution in [2.24, 2.45) is 0 Å². The van der Waals surface area contributed by atoms with Crippen LogP contribution in [0, 0.1) is 10.1 Å². The van der Waals surface area contributed by atoms with Crippen molar-refractivity contribution < 1.29 is 4.92 Å². The van der Waals surface area contributed by atoms with Gasteiger partial charge in [-0.2, -0.15) is 27.0 Å². The number of pyridine rings is 1. The molecule has 8 heteroatoms. The van der Waals surface area contributed by atoms with E-state index in [9.17, 15) is 10.1 Å². The largest absolute Gasteiger partial charge is 0.287 e. The highest BCUT2D eigenvalue weighted by Crippen LogP contribution is 2.29. The molecule has 0 amide bonds. The average Bonchev–Trinajstić information content (AvgIpc) is 2.15. The number of rotatable bonds is 4. The van der Waals surface area contributed by atoms with E-state index in [-0.39, 0.29) is 32.7 Å². The molecule has 0 aliphatic heterocycles. The van der Waals surface area contributed by atoms with E-state index in [1.165, 1.54) is 23.1 Å². The molecule has 0 bridgehead atoms. The standard InChI is InChI=1S/C7H8N2O2S2.2H2S/c1-2-12-13-7-4-3-6(5-8-7)9(10)11;;/h3-5H,2H2,1H3;2*1H2. The van der Waals surface area contributed by atoms with Crippen molar-refractivity contribution in [3.8, 4) is 0 Å². The topological polar surface area (TPSA) is 56.0 Å². The summed E-state index contributed by atoms with van der Waals surface area (Å²) in [4.78, 5) is 13.8. The van der Waals surface area contributed by atoms with Crippen LogP contribution in [0.2, 0.25) is 0 Å². The predicted molar refractivity (Wildman–Crippen MR) is 75.6 cm³/mol. The van der Waals surface area contributed by atoms with Crippen LogP contribution in [0.15, 0.2) is 23.4 Å². The van der Waals surface area contributed by atoms with E-state index in [1.807, 2.05) is 6.92 Å². The maximum Gasteiger partial charge on any atom is 0.287 e. The smallest absolute Gasteiger partial charge is 0.258 e. The molecule has 0 N–H and O–H groups in total. The lowest BCUT2D eigenvalue weighted by Gasteiger charge is -1.96. The molecule has 0 aliphatic rings. The van der Waals surface area contributed by atoms with Crippen LogP contribution in [-0.4, -0.2) is 15.7 Å². The molecule has 0 unspecified atom stereocenters. The minimum atomic E-state index is -0.450. The SMILES string of the molecule is CCSSc1ccc([N+](=O)[O-])cn1.S.S. The third-order valence-corrected chi connectivity index (χ3v) is 3.53. The van der Waals surface area contributed by atoms with Crippen LogP contribution in [-0.2, 0) is 0 Å². The molecule has 0 spiro atoms. The van der Waals surface area contributed by atoms with Gasteiger partial charge in [-0.25, -0.2) is 4.98 Å². The van der Waals surface area contributed by atoms with Gasteiger partial charge >= 0.3 is 0 Å². The molecule has 1 rings (SSSR count). The van der Waals surface area contributed by atoms with Gasteiger partial charge in [-0.1, -0.05) is 17.7 Å². The third kappa shape index (κ3) is 6.18. The number of hydrogen-bond donors (Lipinski definition) is 0. The van der Waals surface area contributed by atoms with Crippen molar-refractivity contribution in [3.05, 3.63) is 28.4 Å². The van der Waals surface area contributed by atoms with Crippen molar-refractivity contribution in [1.82, 2.24) is 4.98 Å². The fourth-order valence-corrected chi connectivity index (χ4v) is 2.12. The Morgan fingerprint density at radius 1 is 1.47 bits per heavy atom. The van der Waals surface area contributed by atoms with Gasteiger partial charge in [-0.05, 0) is 16.9 Å². The summed E-state index contributed by atoms with van der Waals surface area (Å²) in [7, 11) is 3.18. The molecule has 4 nitrogen and oxygen atoms in total. The second-order valence-corrected chi connectivity index (χ2v) is 4.71. The molecule has 1 heterocycles. The van der Waals surface area contributed by atoms with Gasteiger partial charge in [0.05, 0.1) is 4.92 Å². The molecule has 0 radical (unpaired) electrons. The summed E-state index contributed by atoms with van der Waals surface area (Å²) in [5, 5.41) is 11.1. The Kier molecular flexibility index (Phi) is 10.6. The van der Waals surface area contributed by atoms with Crippen molar-refractivity contribution in [3.63, 3.8) is 0 Å². The summed E-state index contributed by atoms with van der Waals surface area (Å²) >= 11 is 0. The summed E-state index contributed by atoms with van der Waals surface area (Å²) < 4.78 is 0. The van der Waals surface area contributed by atoms with Crippen LogP contribution in [0.25, 0.3) is 0 Å². The van der Waals surface area contributed by atoms with Gasteiger partial charge in [0.2, 0.25) is 0 Å². The van der Waals surface area contributed by atoms with Crippen LogP contribution < -0.4 is 0 Å². The lowest BCUT2D eigenvalue weighted by Crippen LogP contribution is -1.88. The molecular formula is C7H12N2O2S4. The normalized spacial score (nSPS) is 8.60. The first-order chi connectivity index (χ1) is 6.24. The van der Waals surface area contributed by atoms with Gasteiger partial charge < -0.3 is 0 Å². The first-order valence-electron chi connectivity index (χ1n) is 3.64. The Bertz CT molecular complexity index is 294. The summed E-state index contributed by atoms with van der Waals surface area (Å²) in [5.41, 5.74) is 0.0332. The van der Waals surface area contributed by atoms with Crippen LogP contribution in [0.1, 0.15) is 6.92 Å². The maximum atomic E-state index is 10.3. The molecule has 1 aromatic heterocycles. The quantitative estimate of drug-likeness (QED) is 0.483. The highest BCUT2D eigenvalue weighted by molar-refractivity contribution is 8.76. The van der Waals surface area contributed by atoms with E-state index >= 15 is 0 Å². The zero-order chi connectivity index (χ0) is 9.68. The Hall–Kier alpha value is -0.0500. The van der Waals surface area contributed by atoms with Crippen LogP contribution in [0.4, 0.5) is 5.69 Å². The van der Waals surface area contributed by atoms with Gasteiger partial charge in [0.1, 0.15) is 11.2 Å². The number of aromatic nitrogens is 1. The molecule has 0 aliphatic carbocycles. The Morgan fingerprint density at radius 3 is 2.53 bits per heavy atom. The maximum absolute atomic E-state index is 10.3. The fourth-order valence-electron chi connectivity index (χ4n) is 0.649. The molecule has 15 heavy (non-hydrogen) atoms. The van der Waals surface area contributed by atoms with Crippen molar-refractivity contribution in [2.45, 2.75) is 11.9 Å². The van der Waals surface area contributed by atoms with Crippen molar-refractivity contribution in [1.29, 1.82) is 0 Å². The molecule has 1 aromatic rings. The van der Waals surface area contributed by atoms with E-state index in [0.29, 0.717) is 0 Å². The van der Waals surface area contributed by atoms with Crippen molar-refractivity contribution in [2.75, 3.05) is 5.75 Å². The van der Waals surface area contributed by atoms with Gasteiger partial charge in [-0.15, -0.1) is 0 Å². The second-order valence-electron chi connectivity index (χ2n) is 2.10. The molecule has 0 atom stereocenters. The summed E-state index contributed by atoms with van der Waals surface area (Å²) in [5.74, 6) is 0.989. The van der Waals surface area contributed by atoms with E-state index in [4.69, 9.17) is 0 Å². The Labute approximate surface area is 110 Å². The molecule has 0 fully saturated rings. The lowest BCUT2D eigenvalue weighted by molar-refractivity contribution is -0.385. The van der Waals surface area contributed by atoms with Gasteiger partial charge in [-0.3, -0.25) is 10.1 Å². The monoisotopic (exact) mass is 284 g/mol. The second kappa shape index (κ2) is 9.20. The fraction of sp³-hybridized carbons (Fsp3) is 0.286. The lowest BCUT2D eigenvalue weighted by atomic mass is 10.4. The Balaban J connectivity index is 0. The minimum absolute atomic E-state index is 0. The van der Waals surface area contributed by atoms with E-state index in [0.717, 1.165) is 10.8 Å². The van der Waals surface area contributed by atoms with Gasteiger partial charge in [0.25, 0.3) is 5.69 Å². The van der Waals surface area contributed by atoms with Crippen LogP contribution >= 0.6 is 48.6 Å². The predicted octanol–water partition coefficient (Wildman–Crippen LogP) is 2.98. The molecule has 0 saturated carbocycles. The van der Waals surface area contributed by atoms with Gasteiger partial charge in [0.15, 0.2) is 0 Å². The first-order valence-corrected chi connectivity index (χ1v) is 5.96. The molecule has 0 saturated heterocycles. The van der Waals surface area contributed by atoms with Crippen LogP contribution in [0.3, 0.4) is 0 Å². The molecular weight excluding hydrogens is 272 g/mol. The first kappa shape index (κ1) is 17.3. The average molecular weight is 284 g/mol. The number of nitro groups is 1. The Morgan fingerprint density at radius 2 is 2.13 bits per heavy atom. The summed E-state index contributed by atoms with van der Waals surface area (Å²) in [6.45, 7) is 2.04. The zero-order valence-electron chi connectivity index (χ0n) is 7.97. The minimum Gasteiger partial charge on any atom is -0.258 e. The van der Waals surface area contributed by atoms with E-state index < -0.39 is 4.92 Å². The molecule has 86 valence electrons. The van der Waals surface area contributed by atoms with Crippen molar-refractivity contribution >= 4 is 54.3 Å². The number of nitrogens with zero attached hydrogens (tertiary/aromatic N) is 2. The highest BCUT2D eigenvalue weighted by atomic mass is 33.1. The number of hydrogen-bond acceptors (Lipinski definition) is 5. The van der Waals surface area contributed by atoms with E-state index in [1.54, 1.807) is 16.9 Å². The molecule has 0 aromatic carbocycles. The highest BCUT2D eigenvalue weighted by Gasteiger charge is 2.04.